The summed E-state index contributed by atoms with van der Waals surface area (Å²) < 4.78 is 0. The highest BCUT2D eigenvalue weighted by Crippen LogP contribution is 2.23. The van der Waals surface area contributed by atoms with Crippen molar-refractivity contribution in [3.63, 3.8) is 0 Å². The van der Waals surface area contributed by atoms with Crippen molar-refractivity contribution >= 4 is 22.4 Å². The van der Waals surface area contributed by atoms with E-state index >= 15 is 0 Å². The van der Waals surface area contributed by atoms with Gasteiger partial charge in [-0.1, -0.05) is 45.5 Å². The zero-order chi connectivity index (χ0) is 12.1. The first kappa shape index (κ1) is 13.1. The molecule has 90 valence electrons. The minimum atomic E-state index is 0.0355. The van der Waals surface area contributed by atoms with Crippen molar-refractivity contribution in [2.75, 3.05) is 5.32 Å². The highest BCUT2D eigenvalue weighted by Gasteiger charge is 2.14. The van der Waals surface area contributed by atoms with Gasteiger partial charge in [-0.3, -0.25) is 4.79 Å². The first-order valence-electron chi connectivity index (χ1n) is 5.68. The highest BCUT2D eigenvalue weighted by atomic mass is 32.1. The van der Waals surface area contributed by atoms with Crippen LogP contribution in [0.2, 0.25) is 0 Å². The van der Waals surface area contributed by atoms with Gasteiger partial charge in [0.25, 0.3) is 0 Å². The summed E-state index contributed by atoms with van der Waals surface area (Å²) >= 11 is 1.45. The number of rotatable bonds is 5. The van der Waals surface area contributed by atoms with Crippen LogP contribution in [0.5, 0.6) is 0 Å². The molecule has 1 atom stereocenters. The average molecular weight is 241 g/mol. The van der Waals surface area contributed by atoms with E-state index in [0.717, 1.165) is 17.8 Å². The summed E-state index contributed by atoms with van der Waals surface area (Å²) in [5.41, 5.74) is 0. The fourth-order valence-electron chi connectivity index (χ4n) is 1.31. The molecule has 0 saturated carbocycles. The molecular weight excluding hydrogens is 222 g/mol. The van der Waals surface area contributed by atoms with Crippen LogP contribution in [0, 0.1) is 5.92 Å². The smallest absolute Gasteiger partial charge is 0.229 e. The summed E-state index contributed by atoms with van der Waals surface area (Å²) in [6.07, 6.45) is 1.92. The molecule has 16 heavy (non-hydrogen) atoms. The number of hydrogen-bond acceptors (Lipinski definition) is 4. The van der Waals surface area contributed by atoms with Crippen LogP contribution in [0.1, 0.15) is 51.5 Å². The standard InChI is InChI=1S/C11H19N3OS/c1-5-6-8(4)9(15)12-11-14-13-10(16-11)7(2)3/h7-8H,5-6H2,1-4H3,(H,12,14,15). The molecule has 1 N–H and O–H groups in total. The Balaban J connectivity index is 2.56. The van der Waals surface area contributed by atoms with E-state index < -0.39 is 0 Å². The fourth-order valence-corrected chi connectivity index (χ4v) is 2.06. The molecule has 4 nitrogen and oxygen atoms in total. The summed E-state index contributed by atoms with van der Waals surface area (Å²) in [4.78, 5) is 11.7. The topological polar surface area (TPSA) is 54.9 Å². The maximum atomic E-state index is 11.7. The van der Waals surface area contributed by atoms with Crippen LogP contribution in [0.4, 0.5) is 5.13 Å². The number of nitrogens with zero attached hydrogens (tertiary/aromatic N) is 2. The van der Waals surface area contributed by atoms with E-state index in [4.69, 9.17) is 0 Å². The van der Waals surface area contributed by atoms with Gasteiger partial charge in [0.1, 0.15) is 5.01 Å². The lowest BCUT2D eigenvalue weighted by molar-refractivity contribution is -0.119. The molecule has 0 aliphatic carbocycles. The van der Waals surface area contributed by atoms with Crippen LogP contribution in [0.25, 0.3) is 0 Å². The third kappa shape index (κ3) is 3.56. The molecule has 0 bridgehead atoms. The van der Waals surface area contributed by atoms with Gasteiger partial charge in [0, 0.05) is 11.8 Å². The van der Waals surface area contributed by atoms with Gasteiger partial charge >= 0.3 is 0 Å². The Morgan fingerprint density at radius 3 is 2.56 bits per heavy atom. The molecule has 0 aliphatic rings. The first-order valence-corrected chi connectivity index (χ1v) is 6.50. The second-order valence-electron chi connectivity index (χ2n) is 4.28. The monoisotopic (exact) mass is 241 g/mol. The van der Waals surface area contributed by atoms with Crippen LogP contribution >= 0.6 is 11.3 Å². The van der Waals surface area contributed by atoms with Crippen LogP contribution in [0.15, 0.2) is 0 Å². The summed E-state index contributed by atoms with van der Waals surface area (Å²) in [5.74, 6) is 0.431. The number of hydrogen-bond donors (Lipinski definition) is 1. The Morgan fingerprint density at radius 2 is 2.06 bits per heavy atom. The minimum Gasteiger partial charge on any atom is -0.300 e. The van der Waals surface area contributed by atoms with Gasteiger partial charge in [0.15, 0.2) is 0 Å². The van der Waals surface area contributed by atoms with Gasteiger partial charge in [-0.2, -0.15) is 0 Å². The average Bonchev–Trinajstić information content (AvgIpc) is 2.66. The van der Waals surface area contributed by atoms with E-state index in [-0.39, 0.29) is 11.8 Å². The molecule has 0 spiro atoms. The van der Waals surface area contributed by atoms with E-state index in [1.54, 1.807) is 0 Å². The lowest BCUT2D eigenvalue weighted by atomic mass is 10.1. The van der Waals surface area contributed by atoms with Gasteiger partial charge in [-0.15, -0.1) is 10.2 Å². The maximum Gasteiger partial charge on any atom is 0.229 e. The Morgan fingerprint density at radius 1 is 1.38 bits per heavy atom. The SMILES string of the molecule is CCCC(C)C(=O)Nc1nnc(C(C)C)s1. The van der Waals surface area contributed by atoms with Crippen LogP contribution in [-0.4, -0.2) is 16.1 Å². The molecule has 0 aromatic carbocycles. The second-order valence-corrected chi connectivity index (χ2v) is 5.29. The van der Waals surface area contributed by atoms with Crippen molar-refractivity contribution in [1.82, 2.24) is 10.2 Å². The van der Waals surface area contributed by atoms with Gasteiger partial charge in [-0.25, -0.2) is 0 Å². The van der Waals surface area contributed by atoms with Crippen molar-refractivity contribution in [2.24, 2.45) is 5.92 Å². The van der Waals surface area contributed by atoms with Gasteiger partial charge in [0.2, 0.25) is 11.0 Å². The number of amides is 1. The van der Waals surface area contributed by atoms with Crippen LogP contribution < -0.4 is 5.32 Å². The Labute approximate surface area is 100 Å². The summed E-state index contributed by atoms with van der Waals surface area (Å²) in [6, 6.07) is 0. The molecule has 1 aromatic heterocycles. The van der Waals surface area contributed by atoms with E-state index in [9.17, 15) is 4.79 Å². The molecule has 1 rings (SSSR count). The molecule has 1 heterocycles. The summed E-state index contributed by atoms with van der Waals surface area (Å²) in [5, 5.41) is 12.4. The fraction of sp³-hybridized carbons (Fsp3) is 0.727. The van der Waals surface area contributed by atoms with Crippen LogP contribution in [0.3, 0.4) is 0 Å². The molecular formula is C11H19N3OS. The van der Waals surface area contributed by atoms with Crippen molar-refractivity contribution < 1.29 is 4.79 Å². The van der Waals surface area contributed by atoms with Crippen molar-refractivity contribution in [3.05, 3.63) is 5.01 Å². The predicted octanol–water partition coefficient (Wildman–Crippen LogP) is 3.04. The molecule has 0 radical (unpaired) electrons. The molecule has 1 aromatic rings. The maximum absolute atomic E-state index is 11.7. The Hall–Kier alpha value is -0.970. The molecule has 0 fully saturated rings. The molecule has 1 amide bonds. The molecule has 0 saturated heterocycles. The van der Waals surface area contributed by atoms with Crippen molar-refractivity contribution in [3.8, 4) is 0 Å². The minimum absolute atomic E-state index is 0.0355. The first-order chi connectivity index (χ1) is 7.54. The lowest BCUT2D eigenvalue weighted by Crippen LogP contribution is -2.20. The Bertz CT molecular complexity index is 349. The predicted molar refractivity (Wildman–Crippen MR) is 66.7 cm³/mol. The van der Waals surface area contributed by atoms with Gasteiger partial charge in [-0.05, 0) is 6.42 Å². The lowest BCUT2D eigenvalue weighted by Gasteiger charge is -2.07. The Kier molecular flexibility index (Phi) is 4.86. The second kappa shape index (κ2) is 5.94. The normalized spacial score (nSPS) is 12.8. The number of aromatic nitrogens is 2. The summed E-state index contributed by atoms with van der Waals surface area (Å²) in [6.45, 7) is 8.13. The molecule has 1 unspecified atom stereocenters. The number of anilines is 1. The van der Waals surface area contributed by atoms with Crippen LogP contribution in [-0.2, 0) is 4.79 Å². The van der Waals surface area contributed by atoms with E-state index in [2.05, 4.69) is 36.3 Å². The molecule has 5 heteroatoms. The van der Waals surface area contributed by atoms with Crippen molar-refractivity contribution in [2.45, 2.75) is 46.5 Å². The van der Waals surface area contributed by atoms with E-state index in [1.165, 1.54) is 11.3 Å². The zero-order valence-electron chi connectivity index (χ0n) is 10.3. The third-order valence-corrected chi connectivity index (χ3v) is 3.47. The van der Waals surface area contributed by atoms with Crippen molar-refractivity contribution in [1.29, 1.82) is 0 Å². The quantitative estimate of drug-likeness (QED) is 0.862. The highest BCUT2D eigenvalue weighted by molar-refractivity contribution is 7.15. The number of nitrogens with one attached hydrogen (secondary N) is 1. The van der Waals surface area contributed by atoms with E-state index in [1.807, 2.05) is 6.92 Å². The van der Waals surface area contributed by atoms with Gasteiger partial charge in [0.05, 0.1) is 0 Å². The summed E-state index contributed by atoms with van der Waals surface area (Å²) in [7, 11) is 0. The van der Waals surface area contributed by atoms with E-state index in [0.29, 0.717) is 11.0 Å². The largest absolute Gasteiger partial charge is 0.300 e. The number of carbonyl (C=O) groups is 1. The zero-order valence-corrected chi connectivity index (χ0v) is 11.1. The van der Waals surface area contributed by atoms with Gasteiger partial charge < -0.3 is 5.32 Å². The third-order valence-electron chi connectivity index (χ3n) is 2.33. The molecule has 0 aliphatic heterocycles. The number of carbonyl (C=O) groups excluding carboxylic acids is 1.